The Hall–Kier alpha value is -4.39. The van der Waals surface area contributed by atoms with E-state index in [1.807, 2.05) is 88.3 Å². The maximum absolute atomic E-state index is 13.8. The van der Waals surface area contributed by atoms with Crippen molar-refractivity contribution in [2.24, 2.45) is 0 Å². The van der Waals surface area contributed by atoms with Gasteiger partial charge in [-0.05, 0) is 49.2 Å². The molecule has 0 spiro atoms. The van der Waals surface area contributed by atoms with E-state index in [0.717, 1.165) is 51.8 Å². The zero-order valence-corrected chi connectivity index (χ0v) is 20.0. The molecule has 0 atom stereocenters. The van der Waals surface area contributed by atoms with Gasteiger partial charge in [0.25, 0.3) is 5.91 Å². The number of carbonyl (C=O) groups is 1. The summed E-state index contributed by atoms with van der Waals surface area (Å²) in [5, 5.41) is 0.837. The number of fused-ring (bicyclic) bond motifs is 2. The quantitative estimate of drug-likeness (QED) is 0.393. The summed E-state index contributed by atoms with van der Waals surface area (Å²) >= 11 is 0. The molecule has 6 rings (SSSR count). The lowest BCUT2D eigenvalue weighted by Gasteiger charge is -2.33. The second-order valence-electron chi connectivity index (χ2n) is 9.14. The highest BCUT2D eigenvalue weighted by atomic mass is 16.5. The number of aromatic amines is 1. The minimum Gasteiger partial charge on any atom is -0.497 e. The molecule has 0 unspecified atom stereocenters. The topological polar surface area (TPSA) is 80.2 Å². The largest absolute Gasteiger partial charge is 0.497 e. The number of ether oxygens (including phenoxy) is 1. The van der Waals surface area contributed by atoms with E-state index in [9.17, 15) is 9.59 Å². The number of piperidine rings is 1. The number of rotatable bonds is 4. The Bertz CT molecular complexity index is 1640. The number of imidazole rings is 1. The van der Waals surface area contributed by atoms with Gasteiger partial charge in [-0.1, -0.05) is 42.5 Å². The first-order valence-electron chi connectivity index (χ1n) is 12.1. The third-order valence-electron chi connectivity index (χ3n) is 7.05. The molecular weight excluding hydrogens is 452 g/mol. The van der Waals surface area contributed by atoms with Crippen LogP contribution in [0.15, 0.2) is 83.7 Å². The van der Waals surface area contributed by atoms with Crippen LogP contribution in [0.5, 0.6) is 5.75 Å². The van der Waals surface area contributed by atoms with Crippen molar-refractivity contribution < 1.29 is 9.53 Å². The van der Waals surface area contributed by atoms with Crippen molar-refractivity contribution >= 4 is 27.8 Å². The number of nitrogens with zero attached hydrogens (tertiary/aromatic N) is 3. The second-order valence-corrected chi connectivity index (χ2v) is 9.14. The normalized spacial score (nSPS) is 14.4. The van der Waals surface area contributed by atoms with Crippen LogP contribution in [0, 0.1) is 0 Å². The number of nitrogens with one attached hydrogen (secondary N) is 1. The Kier molecular flexibility index (Phi) is 5.52. The number of hydrogen-bond acceptors (Lipinski definition) is 4. The van der Waals surface area contributed by atoms with E-state index in [0.29, 0.717) is 18.7 Å². The lowest BCUT2D eigenvalue weighted by atomic mass is 10.00. The standard InChI is InChI=1S/C29H26N4O3/c1-36-21-8-6-7-19(17-21)26-18-23(22-9-2-3-10-24(22)30-26)28(34)32-15-13-20(14-16-32)33-27-12-5-4-11-25(27)31-29(33)35/h2-12,17-18,20H,13-16H2,1H3,(H,31,35). The van der Waals surface area contributed by atoms with Crippen molar-refractivity contribution in [1.29, 1.82) is 0 Å². The fraction of sp³-hybridized carbons (Fsp3) is 0.207. The number of pyridine rings is 1. The summed E-state index contributed by atoms with van der Waals surface area (Å²) in [6.07, 6.45) is 1.44. The van der Waals surface area contributed by atoms with Crippen molar-refractivity contribution in [3.05, 3.63) is 94.9 Å². The number of H-pyrrole nitrogens is 1. The van der Waals surface area contributed by atoms with Gasteiger partial charge >= 0.3 is 5.69 Å². The Morgan fingerprint density at radius 1 is 0.972 bits per heavy atom. The molecule has 0 bridgehead atoms. The van der Waals surface area contributed by atoms with Gasteiger partial charge in [-0.3, -0.25) is 9.36 Å². The smallest absolute Gasteiger partial charge is 0.326 e. The van der Waals surface area contributed by atoms with Crippen molar-refractivity contribution in [3.8, 4) is 17.0 Å². The Balaban J connectivity index is 1.31. The second kappa shape index (κ2) is 9.00. The van der Waals surface area contributed by atoms with Gasteiger partial charge in [0.15, 0.2) is 0 Å². The summed E-state index contributed by atoms with van der Waals surface area (Å²) in [6.45, 7) is 1.17. The zero-order chi connectivity index (χ0) is 24.6. The Morgan fingerprint density at radius 3 is 2.58 bits per heavy atom. The highest BCUT2D eigenvalue weighted by molar-refractivity contribution is 6.07. The van der Waals surface area contributed by atoms with E-state index in [2.05, 4.69) is 4.98 Å². The van der Waals surface area contributed by atoms with E-state index in [1.54, 1.807) is 7.11 Å². The predicted octanol–water partition coefficient (Wildman–Crippen LogP) is 5.03. The molecule has 0 aliphatic carbocycles. The van der Waals surface area contributed by atoms with Crippen LogP contribution in [-0.4, -0.2) is 45.5 Å². The molecule has 1 aliphatic rings. The molecule has 5 aromatic rings. The number of methoxy groups -OCH3 is 1. The molecule has 3 aromatic carbocycles. The molecule has 7 heteroatoms. The van der Waals surface area contributed by atoms with Crippen molar-refractivity contribution in [1.82, 2.24) is 19.4 Å². The van der Waals surface area contributed by atoms with E-state index in [1.165, 1.54) is 0 Å². The van der Waals surface area contributed by atoms with Gasteiger partial charge in [0.1, 0.15) is 5.75 Å². The van der Waals surface area contributed by atoms with Crippen LogP contribution >= 0.6 is 0 Å². The first-order valence-corrected chi connectivity index (χ1v) is 12.1. The van der Waals surface area contributed by atoms with Crippen LogP contribution in [0.1, 0.15) is 29.2 Å². The minimum atomic E-state index is -0.0935. The molecule has 3 heterocycles. The molecule has 1 fully saturated rings. The van der Waals surface area contributed by atoms with Gasteiger partial charge in [0.05, 0.1) is 34.9 Å². The van der Waals surface area contributed by atoms with Gasteiger partial charge in [0, 0.05) is 30.1 Å². The van der Waals surface area contributed by atoms with Crippen LogP contribution in [-0.2, 0) is 0 Å². The summed E-state index contributed by atoms with van der Waals surface area (Å²) in [5.41, 5.74) is 4.71. The van der Waals surface area contributed by atoms with Crippen LogP contribution in [0.2, 0.25) is 0 Å². The number of aromatic nitrogens is 3. The average molecular weight is 479 g/mol. The van der Waals surface area contributed by atoms with Crippen LogP contribution < -0.4 is 10.4 Å². The molecule has 1 aliphatic heterocycles. The SMILES string of the molecule is COc1cccc(-c2cc(C(=O)N3CCC(n4c(=O)[nH]c5ccccc54)CC3)c3ccccc3n2)c1. The fourth-order valence-electron chi connectivity index (χ4n) is 5.22. The highest BCUT2D eigenvalue weighted by Crippen LogP contribution is 2.30. The minimum absolute atomic E-state index is 0.0116. The Labute approximate surface area is 208 Å². The fourth-order valence-corrected chi connectivity index (χ4v) is 5.22. The summed E-state index contributed by atoms with van der Waals surface area (Å²) in [6, 6.07) is 25.1. The van der Waals surface area contributed by atoms with Crippen molar-refractivity contribution in [2.75, 3.05) is 20.2 Å². The van der Waals surface area contributed by atoms with Gasteiger partial charge in [-0.25, -0.2) is 9.78 Å². The molecule has 7 nitrogen and oxygen atoms in total. The number of para-hydroxylation sites is 3. The third kappa shape index (κ3) is 3.82. The van der Waals surface area contributed by atoms with Crippen LogP contribution in [0.25, 0.3) is 33.2 Å². The van der Waals surface area contributed by atoms with Gasteiger partial charge in [0.2, 0.25) is 0 Å². The van der Waals surface area contributed by atoms with E-state index < -0.39 is 0 Å². The maximum atomic E-state index is 13.8. The molecule has 1 amide bonds. The first-order chi connectivity index (χ1) is 17.6. The lowest BCUT2D eigenvalue weighted by molar-refractivity contribution is 0.0697. The number of carbonyl (C=O) groups excluding carboxylic acids is 1. The van der Waals surface area contributed by atoms with Gasteiger partial charge in [-0.15, -0.1) is 0 Å². The van der Waals surface area contributed by atoms with Gasteiger partial charge < -0.3 is 14.6 Å². The molecular formula is C29H26N4O3. The molecule has 2 aromatic heterocycles. The van der Waals surface area contributed by atoms with Crippen molar-refractivity contribution in [2.45, 2.75) is 18.9 Å². The molecule has 1 N–H and O–H groups in total. The zero-order valence-electron chi connectivity index (χ0n) is 20.0. The van der Waals surface area contributed by atoms with Gasteiger partial charge in [-0.2, -0.15) is 0 Å². The summed E-state index contributed by atoms with van der Waals surface area (Å²) < 4.78 is 7.23. The third-order valence-corrected chi connectivity index (χ3v) is 7.05. The summed E-state index contributed by atoms with van der Waals surface area (Å²) in [4.78, 5) is 36.1. The van der Waals surface area contributed by atoms with Crippen molar-refractivity contribution in [3.63, 3.8) is 0 Å². The summed E-state index contributed by atoms with van der Waals surface area (Å²) in [5.74, 6) is 0.729. The lowest BCUT2D eigenvalue weighted by Crippen LogP contribution is -2.40. The number of hydrogen-bond donors (Lipinski definition) is 1. The molecule has 0 saturated carbocycles. The average Bonchev–Trinajstić information content (AvgIpc) is 3.27. The summed E-state index contributed by atoms with van der Waals surface area (Å²) in [7, 11) is 1.63. The highest BCUT2D eigenvalue weighted by Gasteiger charge is 2.28. The van der Waals surface area contributed by atoms with E-state index in [-0.39, 0.29) is 17.6 Å². The van der Waals surface area contributed by atoms with Crippen LogP contribution in [0.4, 0.5) is 0 Å². The van der Waals surface area contributed by atoms with E-state index in [4.69, 9.17) is 9.72 Å². The van der Waals surface area contributed by atoms with Crippen LogP contribution in [0.3, 0.4) is 0 Å². The first kappa shape index (κ1) is 22.1. The molecule has 0 radical (unpaired) electrons. The predicted molar refractivity (Wildman–Crippen MR) is 140 cm³/mol. The molecule has 36 heavy (non-hydrogen) atoms. The Morgan fingerprint density at radius 2 is 1.75 bits per heavy atom. The number of amides is 1. The maximum Gasteiger partial charge on any atom is 0.326 e. The molecule has 1 saturated heterocycles. The molecule has 180 valence electrons. The van der Waals surface area contributed by atoms with E-state index >= 15 is 0 Å². The monoisotopic (exact) mass is 478 g/mol. The number of benzene rings is 3. The number of likely N-dealkylation sites (tertiary alicyclic amines) is 1.